The lowest BCUT2D eigenvalue weighted by Gasteiger charge is -2.32. The van der Waals surface area contributed by atoms with E-state index in [0.29, 0.717) is 25.3 Å². The lowest BCUT2D eigenvalue weighted by Crippen LogP contribution is -2.41. The highest BCUT2D eigenvalue weighted by Gasteiger charge is 2.21. The molecule has 1 N–H and O–H groups in total. The average Bonchev–Trinajstić information content (AvgIpc) is 3.16. The smallest absolute Gasteiger partial charge is 0.220 e. The summed E-state index contributed by atoms with van der Waals surface area (Å²) in [6, 6.07) is 4.59. The summed E-state index contributed by atoms with van der Waals surface area (Å²) in [5.41, 5.74) is 0.870. The van der Waals surface area contributed by atoms with E-state index >= 15 is 0 Å². The van der Waals surface area contributed by atoms with Gasteiger partial charge in [-0.15, -0.1) is 11.3 Å². The Kier molecular flexibility index (Phi) is 6.26. The molecule has 1 unspecified atom stereocenters. The molecular formula is C18H21ClFN3OS. The van der Waals surface area contributed by atoms with Crippen LogP contribution < -0.4 is 10.2 Å². The van der Waals surface area contributed by atoms with Gasteiger partial charge in [0.1, 0.15) is 5.82 Å². The van der Waals surface area contributed by atoms with E-state index in [1.54, 1.807) is 23.5 Å². The van der Waals surface area contributed by atoms with Gasteiger partial charge in [-0.05, 0) is 42.9 Å². The van der Waals surface area contributed by atoms with Crippen molar-refractivity contribution in [3.05, 3.63) is 46.2 Å². The molecule has 1 amide bonds. The largest absolute Gasteiger partial charge is 0.356 e. The molecule has 25 heavy (non-hydrogen) atoms. The SMILES string of the molecule is O=C(CCc1ccc(F)c(Cl)c1)NCC1CCCN(c2nccs2)C1. The minimum absolute atomic E-state index is 0.0202. The first-order chi connectivity index (χ1) is 12.1. The van der Waals surface area contributed by atoms with Gasteiger partial charge >= 0.3 is 0 Å². The highest BCUT2D eigenvalue weighted by Crippen LogP contribution is 2.24. The standard InChI is InChI=1S/C18H21ClFN3OS/c19-15-10-13(3-5-16(15)20)4-6-17(24)22-11-14-2-1-8-23(12-14)18-21-7-9-25-18/h3,5,7,9-10,14H,1-2,4,6,8,11-12H2,(H,22,24). The molecule has 134 valence electrons. The minimum atomic E-state index is -0.433. The summed E-state index contributed by atoms with van der Waals surface area (Å²) in [5.74, 6) is 0.0330. The summed E-state index contributed by atoms with van der Waals surface area (Å²) >= 11 is 7.42. The predicted octanol–water partition coefficient (Wildman–Crippen LogP) is 3.90. The van der Waals surface area contributed by atoms with Gasteiger partial charge in [0.25, 0.3) is 0 Å². The first-order valence-electron chi connectivity index (χ1n) is 8.47. The zero-order valence-corrected chi connectivity index (χ0v) is 15.5. The Balaban J connectivity index is 1.41. The van der Waals surface area contributed by atoms with Gasteiger partial charge in [-0.1, -0.05) is 17.7 Å². The van der Waals surface area contributed by atoms with Crippen molar-refractivity contribution in [2.75, 3.05) is 24.5 Å². The number of benzene rings is 1. The summed E-state index contributed by atoms with van der Waals surface area (Å²) in [5, 5.41) is 6.17. The van der Waals surface area contributed by atoms with Crippen LogP contribution in [0.5, 0.6) is 0 Å². The van der Waals surface area contributed by atoms with Crippen LogP contribution in [0.3, 0.4) is 0 Å². The normalized spacial score (nSPS) is 17.5. The Hall–Kier alpha value is -1.66. The summed E-state index contributed by atoms with van der Waals surface area (Å²) in [4.78, 5) is 18.7. The van der Waals surface area contributed by atoms with Crippen LogP contribution in [-0.2, 0) is 11.2 Å². The summed E-state index contributed by atoms with van der Waals surface area (Å²) in [6.45, 7) is 2.65. The minimum Gasteiger partial charge on any atom is -0.356 e. The summed E-state index contributed by atoms with van der Waals surface area (Å²) in [6.07, 6.45) is 5.00. The maximum absolute atomic E-state index is 13.1. The van der Waals surface area contributed by atoms with Gasteiger partial charge in [0.15, 0.2) is 5.13 Å². The predicted molar refractivity (Wildman–Crippen MR) is 99.8 cm³/mol. The fourth-order valence-corrected chi connectivity index (χ4v) is 3.96. The van der Waals surface area contributed by atoms with Crippen molar-refractivity contribution < 1.29 is 9.18 Å². The topological polar surface area (TPSA) is 45.2 Å². The maximum Gasteiger partial charge on any atom is 0.220 e. The highest BCUT2D eigenvalue weighted by atomic mass is 35.5. The van der Waals surface area contributed by atoms with Crippen LogP contribution >= 0.6 is 22.9 Å². The van der Waals surface area contributed by atoms with E-state index in [9.17, 15) is 9.18 Å². The number of carbonyl (C=O) groups excluding carboxylic acids is 1. The quantitative estimate of drug-likeness (QED) is 0.825. The number of amides is 1. The number of aromatic nitrogens is 1. The second-order valence-electron chi connectivity index (χ2n) is 6.32. The molecule has 1 atom stereocenters. The molecule has 0 radical (unpaired) electrons. The fourth-order valence-electron chi connectivity index (χ4n) is 3.08. The number of carbonyl (C=O) groups is 1. The Morgan fingerprint density at radius 1 is 1.48 bits per heavy atom. The molecule has 2 aromatic rings. The molecule has 1 aliphatic heterocycles. The van der Waals surface area contributed by atoms with E-state index in [4.69, 9.17) is 11.6 Å². The Morgan fingerprint density at radius 3 is 3.12 bits per heavy atom. The molecular weight excluding hydrogens is 361 g/mol. The second kappa shape index (κ2) is 8.63. The Bertz CT molecular complexity index is 710. The van der Waals surface area contributed by atoms with Crippen LogP contribution in [0.1, 0.15) is 24.8 Å². The fraction of sp³-hybridized carbons (Fsp3) is 0.444. The number of piperidine rings is 1. The van der Waals surface area contributed by atoms with E-state index in [-0.39, 0.29) is 10.9 Å². The summed E-state index contributed by atoms with van der Waals surface area (Å²) < 4.78 is 13.1. The van der Waals surface area contributed by atoms with Crippen molar-refractivity contribution >= 4 is 34.0 Å². The molecule has 1 fully saturated rings. The Labute approximate surface area is 156 Å². The highest BCUT2D eigenvalue weighted by molar-refractivity contribution is 7.13. The molecule has 1 saturated heterocycles. The van der Waals surface area contributed by atoms with E-state index in [0.717, 1.165) is 36.6 Å². The molecule has 2 heterocycles. The number of halogens is 2. The number of hydrogen-bond donors (Lipinski definition) is 1. The molecule has 0 bridgehead atoms. The molecule has 0 spiro atoms. The third-order valence-electron chi connectivity index (χ3n) is 4.42. The third-order valence-corrected chi connectivity index (χ3v) is 5.54. The average molecular weight is 382 g/mol. The molecule has 0 saturated carbocycles. The maximum atomic E-state index is 13.1. The monoisotopic (exact) mass is 381 g/mol. The second-order valence-corrected chi connectivity index (χ2v) is 7.60. The van der Waals surface area contributed by atoms with Crippen molar-refractivity contribution in [2.24, 2.45) is 5.92 Å². The number of anilines is 1. The van der Waals surface area contributed by atoms with Gasteiger partial charge in [-0.25, -0.2) is 9.37 Å². The van der Waals surface area contributed by atoms with E-state index in [2.05, 4.69) is 15.2 Å². The number of nitrogens with one attached hydrogen (secondary N) is 1. The van der Waals surface area contributed by atoms with Crippen molar-refractivity contribution in [1.82, 2.24) is 10.3 Å². The molecule has 3 rings (SSSR count). The van der Waals surface area contributed by atoms with Gasteiger partial charge in [0, 0.05) is 37.6 Å². The van der Waals surface area contributed by atoms with Crippen molar-refractivity contribution in [3.8, 4) is 0 Å². The molecule has 0 aliphatic carbocycles. The number of rotatable bonds is 6. The van der Waals surface area contributed by atoms with E-state index in [1.807, 2.05) is 11.6 Å². The lowest BCUT2D eigenvalue weighted by atomic mass is 9.98. The van der Waals surface area contributed by atoms with E-state index in [1.165, 1.54) is 6.07 Å². The van der Waals surface area contributed by atoms with Crippen LogP contribution in [-0.4, -0.2) is 30.5 Å². The number of aryl methyl sites for hydroxylation is 1. The van der Waals surface area contributed by atoms with Crippen LogP contribution in [0.25, 0.3) is 0 Å². The van der Waals surface area contributed by atoms with Crippen molar-refractivity contribution in [1.29, 1.82) is 0 Å². The number of nitrogens with zero attached hydrogens (tertiary/aromatic N) is 2. The van der Waals surface area contributed by atoms with Gasteiger partial charge in [-0.3, -0.25) is 4.79 Å². The van der Waals surface area contributed by atoms with Gasteiger partial charge < -0.3 is 10.2 Å². The zero-order valence-electron chi connectivity index (χ0n) is 13.9. The molecule has 1 aromatic carbocycles. The molecule has 4 nitrogen and oxygen atoms in total. The molecule has 1 aromatic heterocycles. The van der Waals surface area contributed by atoms with Crippen molar-refractivity contribution in [2.45, 2.75) is 25.7 Å². The molecule has 1 aliphatic rings. The van der Waals surface area contributed by atoms with Gasteiger partial charge in [0.2, 0.25) is 5.91 Å². The third kappa shape index (κ3) is 5.16. The number of hydrogen-bond acceptors (Lipinski definition) is 4. The first-order valence-corrected chi connectivity index (χ1v) is 9.72. The first kappa shape index (κ1) is 18.1. The van der Waals surface area contributed by atoms with Crippen LogP contribution in [0, 0.1) is 11.7 Å². The van der Waals surface area contributed by atoms with Crippen LogP contribution in [0.4, 0.5) is 9.52 Å². The van der Waals surface area contributed by atoms with Gasteiger partial charge in [0.05, 0.1) is 5.02 Å². The van der Waals surface area contributed by atoms with Crippen LogP contribution in [0.2, 0.25) is 5.02 Å². The zero-order chi connectivity index (χ0) is 17.6. The van der Waals surface area contributed by atoms with Gasteiger partial charge in [-0.2, -0.15) is 0 Å². The number of thiazole rings is 1. The lowest BCUT2D eigenvalue weighted by molar-refractivity contribution is -0.121. The summed E-state index contributed by atoms with van der Waals surface area (Å²) in [7, 11) is 0. The van der Waals surface area contributed by atoms with Crippen LogP contribution in [0.15, 0.2) is 29.8 Å². The van der Waals surface area contributed by atoms with E-state index < -0.39 is 5.82 Å². The molecule has 7 heteroatoms. The Morgan fingerprint density at radius 2 is 2.36 bits per heavy atom. The van der Waals surface area contributed by atoms with Crippen molar-refractivity contribution in [3.63, 3.8) is 0 Å².